The van der Waals surface area contributed by atoms with Gasteiger partial charge in [0.25, 0.3) is 0 Å². The van der Waals surface area contributed by atoms with Crippen molar-refractivity contribution in [2.24, 2.45) is 0 Å². The van der Waals surface area contributed by atoms with Gasteiger partial charge in [0.1, 0.15) is 0 Å². The maximum Gasteiger partial charge on any atom is 0.232 e. The Morgan fingerprint density at radius 1 is 1.15 bits per heavy atom. The molecule has 0 aromatic heterocycles. The van der Waals surface area contributed by atoms with Crippen LogP contribution in [0.1, 0.15) is 22.6 Å². The van der Waals surface area contributed by atoms with Crippen LogP contribution in [0.15, 0.2) is 42.5 Å². The molecule has 1 aliphatic heterocycles. The van der Waals surface area contributed by atoms with Crippen LogP contribution in [0.2, 0.25) is 0 Å². The van der Waals surface area contributed by atoms with E-state index in [0.29, 0.717) is 0 Å². The first-order valence-corrected chi connectivity index (χ1v) is 7.07. The van der Waals surface area contributed by atoms with Gasteiger partial charge in [-0.1, -0.05) is 24.3 Å². The molecule has 1 atom stereocenters. The Morgan fingerprint density at radius 3 is 2.95 bits per heavy atom. The fraction of sp³-hybridized carbons (Fsp3) is 0.235. The minimum absolute atomic E-state index is 0.0116. The Labute approximate surface area is 118 Å². The molecule has 1 heterocycles. The highest BCUT2D eigenvalue weighted by atomic mass is 16.1. The van der Waals surface area contributed by atoms with E-state index in [9.17, 15) is 4.79 Å². The lowest BCUT2D eigenvalue weighted by Crippen LogP contribution is -2.30. The van der Waals surface area contributed by atoms with Crippen molar-refractivity contribution < 1.29 is 4.79 Å². The molecule has 3 heteroatoms. The van der Waals surface area contributed by atoms with Crippen LogP contribution < -0.4 is 10.6 Å². The number of carbonyl (C=O) groups excluding carboxylic acids is 1. The van der Waals surface area contributed by atoms with Crippen LogP contribution in [0.4, 0.5) is 11.4 Å². The van der Waals surface area contributed by atoms with Crippen LogP contribution in [-0.4, -0.2) is 12.5 Å². The number of fused-ring (bicyclic) bond motifs is 2. The quantitative estimate of drug-likeness (QED) is 0.875. The summed E-state index contributed by atoms with van der Waals surface area (Å²) in [5.74, 6) is 0.118. The van der Waals surface area contributed by atoms with E-state index in [1.807, 2.05) is 24.3 Å². The van der Waals surface area contributed by atoms with Gasteiger partial charge in [-0.2, -0.15) is 0 Å². The van der Waals surface area contributed by atoms with Crippen LogP contribution in [-0.2, 0) is 17.6 Å². The first kappa shape index (κ1) is 11.5. The molecule has 20 heavy (non-hydrogen) atoms. The van der Waals surface area contributed by atoms with Crippen molar-refractivity contribution in [3.63, 3.8) is 0 Å². The normalized spacial score (nSPS) is 18.5. The number of hydrogen-bond donors (Lipinski definition) is 2. The molecule has 0 spiro atoms. The molecule has 0 bridgehead atoms. The summed E-state index contributed by atoms with van der Waals surface area (Å²) < 4.78 is 0. The highest BCUT2D eigenvalue weighted by Crippen LogP contribution is 2.36. The Kier molecular flexibility index (Phi) is 2.52. The molecule has 1 unspecified atom stereocenters. The van der Waals surface area contributed by atoms with E-state index >= 15 is 0 Å². The van der Waals surface area contributed by atoms with Crippen molar-refractivity contribution in [1.82, 2.24) is 0 Å². The molecule has 0 fully saturated rings. The highest BCUT2D eigenvalue weighted by Gasteiger charge is 2.31. The van der Waals surface area contributed by atoms with E-state index in [-0.39, 0.29) is 11.8 Å². The molecule has 2 aromatic rings. The van der Waals surface area contributed by atoms with E-state index < -0.39 is 0 Å². The van der Waals surface area contributed by atoms with Gasteiger partial charge in [-0.25, -0.2) is 0 Å². The van der Waals surface area contributed by atoms with Gasteiger partial charge in [0.05, 0.1) is 5.92 Å². The molecule has 0 saturated carbocycles. The average Bonchev–Trinajstić information content (AvgIpc) is 2.87. The zero-order valence-electron chi connectivity index (χ0n) is 11.1. The lowest BCUT2D eigenvalue weighted by Gasteiger charge is -2.28. The lowest BCUT2D eigenvalue weighted by atomic mass is 9.77. The zero-order chi connectivity index (χ0) is 13.5. The predicted molar refractivity (Wildman–Crippen MR) is 80.2 cm³/mol. The first-order valence-electron chi connectivity index (χ1n) is 7.07. The third-order valence-corrected chi connectivity index (χ3v) is 4.25. The topological polar surface area (TPSA) is 41.1 Å². The standard InChI is InChI=1S/C17H16N2O/c20-17(15-10-11-3-1-2-4-14(11)15)19-13-5-6-16-12(9-13)7-8-18-16/h1-6,9,15,18H,7-8,10H2,(H,19,20). The van der Waals surface area contributed by atoms with Crippen LogP contribution in [0.5, 0.6) is 0 Å². The van der Waals surface area contributed by atoms with E-state index in [2.05, 4.69) is 28.8 Å². The van der Waals surface area contributed by atoms with Crippen LogP contribution >= 0.6 is 0 Å². The molecule has 0 saturated heterocycles. The number of carbonyl (C=O) groups is 1. The summed E-state index contributed by atoms with van der Waals surface area (Å²) >= 11 is 0. The summed E-state index contributed by atoms with van der Waals surface area (Å²) in [5, 5.41) is 6.37. The second kappa shape index (κ2) is 4.37. The zero-order valence-corrected chi connectivity index (χ0v) is 11.1. The van der Waals surface area contributed by atoms with Crippen molar-refractivity contribution >= 4 is 17.3 Å². The molecule has 4 rings (SSSR count). The Bertz CT molecular complexity index is 693. The van der Waals surface area contributed by atoms with Gasteiger partial charge in [-0.3, -0.25) is 4.79 Å². The van der Waals surface area contributed by atoms with E-state index in [4.69, 9.17) is 0 Å². The molecule has 100 valence electrons. The van der Waals surface area contributed by atoms with E-state index in [0.717, 1.165) is 25.1 Å². The van der Waals surface area contributed by atoms with Crippen LogP contribution in [0.3, 0.4) is 0 Å². The average molecular weight is 264 g/mol. The summed E-state index contributed by atoms with van der Waals surface area (Å²) in [4.78, 5) is 12.3. The summed E-state index contributed by atoms with van der Waals surface area (Å²) in [6, 6.07) is 14.3. The summed E-state index contributed by atoms with van der Waals surface area (Å²) in [6.07, 6.45) is 1.89. The molecule has 1 aliphatic carbocycles. The Hall–Kier alpha value is -2.29. The number of anilines is 2. The van der Waals surface area contributed by atoms with E-state index in [1.54, 1.807) is 0 Å². The van der Waals surface area contributed by atoms with Crippen molar-refractivity contribution in [2.75, 3.05) is 17.2 Å². The molecular weight excluding hydrogens is 248 g/mol. The highest BCUT2D eigenvalue weighted by molar-refractivity contribution is 5.98. The number of hydrogen-bond acceptors (Lipinski definition) is 2. The van der Waals surface area contributed by atoms with Crippen molar-refractivity contribution in [1.29, 1.82) is 0 Å². The second-order valence-electron chi connectivity index (χ2n) is 5.49. The number of amides is 1. The van der Waals surface area contributed by atoms with Crippen LogP contribution in [0, 0.1) is 0 Å². The monoisotopic (exact) mass is 264 g/mol. The predicted octanol–water partition coefficient (Wildman–Crippen LogP) is 2.93. The van der Waals surface area contributed by atoms with Gasteiger partial charge >= 0.3 is 0 Å². The number of rotatable bonds is 2. The Morgan fingerprint density at radius 2 is 2.05 bits per heavy atom. The minimum atomic E-state index is 0.0116. The molecule has 2 aromatic carbocycles. The van der Waals surface area contributed by atoms with Crippen molar-refractivity contribution in [3.05, 3.63) is 59.2 Å². The smallest absolute Gasteiger partial charge is 0.232 e. The number of benzene rings is 2. The number of nitrogens with one attached hydrogen (secondary N) is 2. The van der Waals surface area contributed by atoms with Gasteiger partial charge in [0, 0.05) is 17.9 Å². The molecule has 1 amide bonds. The lowest BCUT2D eigenvalue weighted by molar-refractivity contribution is -0.118. The first-order chi connectivity index (χ1) is 9.81. The van der Waals surface area contributed by atoms with Crippen molar-refractivity contribution in [2.45, 2.75) is 18.8 Å². The molecule has 2 N–H and O–H groups in total. The van der Waals surface area contributed by atoms with Crippen molar-refractivity contribution in [3.8, 4) is 0 Å². The maximum absolute atomic E-state index is 12.3. The molecular formula is C17H16N2O. The maximum atomic E-state index is 12.3. The molecule has 3 nitrogen and oxygen atoms in total. The van der Waals surface area contributed by atoms with Gasteiger partial charge in [-0.05, 0) is 47.7 Å². The van der Waals surface area contributed by atoms with Gasteiger partial charge in [-0.15, -0.1) is 0 Å². The third-order valence-electron chi connectivity index (χ3n) is 4.25. The van der Waals surface area contributed by atoms with Gasteiger partial charge < -0.3 is 10.6 Å². The van der Waals surface area contributed by atoms with Gasteiger partial charge in [0.15, 0.2) is 0 Å². The van der Waals surface area contributed by atoms with Gasteiger partial charge in [0.2, 0.25) is 5.91 Å². The van der Waals surface area contributed by atoms with E-state index in [1.165, 1.54) is 22.4 Å². The Balaban J connectivity index is 1.52. The fourth-order valence-electron chi connectivity index (χ4n) is 3.10. The second-order valence-corrected chi connectivity index (χ2v) is 5.49. The molecule has 0 radical (unpaired) electrons. The molecule has 2 aliphatic rings. The summed E-state index contributed by atoms with van der Waals surface area (Å²) in [6.45, 7) is 0.989. The SMILES string of the molecule is O=C(Nc1ccc2c(c1)CCN2)C1Cc2ccccc21. The largest absolute Gasteiger partial charge is 0.384 e. The summed E-state index contributed by atoms with van der Waals surface area (Å²) in [7, 11) is 0. The van der Waals surface area contributed by atoms with Crippen LogP contribution in [0.25, 0.3) is 0 Å². The fourth-order valence-corrected chi connectivity index (χ4v) is 3.10. The summed E-state index contributed by atoms with van der Waals surface area (Å²) in [5.41, 5.74) is 5.86. The minimum Gasteiger partial charge on any atom is -0.384 e. The third kappa shape index (κ3) is 1.78.